The van der Waals surface area contributed by atoms with Gasteiger partial charge >= 0.3 is 0 Å². The summed E-state index contributed by atoms with van der Waals surface area (Å²) < 4.78 is 27.6. The first kappa shape index (κ1) is 18.2. The Morgan fingerprint density at radius 3 is 2.33 bits per heavy atom. The number of nitrogens with one attached hydrogen (secondary N) is 3. The molecule has 0 heterocycles. The SMILES string of the molecule is CCNC(=S)Nc1ccc(S(=O)(=O)Nc2ccc(C)cc2C)cc1. The normalized spacial score (nSPS) is 11.0. The van der Waals surface area contributed by atoms with Crippen molar-refractivity contribution in [2.75, 3.05) is 16.6 Å². The highest BCUT2D eigenvalue weighted by Gasteiger charge is 2.15. The molecule has 0 aliphatic rings. The van der Waals surface area contributed by atoms with Crippen molar-refractivity contribution < 1.29 is 8.42 Å². The number of sulfonamides is 1. The van der Waals surface area contributed by atoms with E-state index < -0.39 is 10.0 Å². The van der Waals surface area contributed by atoms with Gasteiger partial charge in [-0.15, -0.1) is 0 Å². The van der Waals surface area contributed by atoms with Crippen LogP contribution in [-0.2, 0) is 10.0 Å². The third-order valence-electron chi connectivity index (χ3n) is 3.39. The third kappa shape index (κ3) is 4.69. The molecule has 0 spiro atoms. The van der Waals surface area contributed by atoms with E-state index in [0.717, 1.165) is 23.4 Å². The smallest absolute Gasteiger partial charge is 0.261 e. The highest BCUT2D eigenvalue weighted by molar-refractivity contribution is 7.92. The molecule has 0 amide bonds. The molecular formula is C17H21N3O2S2. The Morgan fingerprint density at radius 1 is 1.08 bits per heavy atom. The zero-order chi connectivity index (χ0) is 17.7. The maximum absolute atomic E-state index is 12.5. The minimum atomic E-state index is -3.63. The van der Waals surface area contributed by atoms with Crippen LogP contribution in [0.1, 0.15) is 18.1 Å². The fourth-order valence-corrected chi connectivity index (χ4v) is 3.58. The van der Waals surface area contributed by atoms with Crippen LogP contribution in [0.15, 0.2) is 47.4 Å². The number of thiocarbonyl (C=S) groups is 1. The van der Waals surface area contributed by atoms with E-state index in [1.807, 2.05) is 32.9 Å². The van der Waals surface area contributed by atoms with Crippen molar-refractivity contribution in [1.29, 1.82) is 0 Å². The monoisotopic (exact) mass is 363 g/mol. The first-order chi connectivity index (χ1) is 11.3. The summed E-state index contributed by atoms with van der Waals surface area (Å²) in [5, 5.41) is 6.47. The van der Waals surface area contributed by atoms with Crippen LogP contribution in [-0.4, -0.2) is 20.1 Å². The van der Waals surface area contributed by atoms with E-state index in [-0.39, 0.29) is 4.90 Å². The number of aryl methyl sites for hydroxylation is 2. The maximum atomic E-state index is 12.5. The van der Waals surface area contributed by atoms with Gasteiger partial charge in [-0.05, 0) is 68.9 Å². The van der Waals surface area contributed by atoms with E-state index in [9.17, 15) is 8.42 Å². The standard InChI is InChI=1S/C17H21N3O2S2/c1-4-18-17(23)19-14-6-8-15(9-7-14)24(21,22)20-16-10-5-12(2)11-13(16)3/h5-11,20H,4H2,1-3H3,(H2,18,19,23). The zero-order valence-electron chi connectivity index (χ0n) is 13.9. The van der Waals surface area contributed by atoms with Crippen LogP contribution >= 0.6 is 12.2 Å². The first-order valence-corrected chi connectivity index (χ1v) is 9.46. The summed E-state index contributed by atoms with van der Waals surface area (Å²) in [7, 11) is -3.63. The van der Waals surface area contributed by atoms with Crippen molar-refractivity contribution >= 4 is 38.7 Å². The molecule has 0 atom stereocenters. The van der Waals surface area contributed by atoms with Crippen LogP contribution in [0, 0.1) is 13.8 Å². The highest BCUT2D eigenvalue weighted by atomic mass is 32.2. The average Bonchev–Trinajstić information content (AvgIpc) is 2.51. The summed E-state index contributed by atoms with van der Waals surface area (Å²) in [6, 6.07) is 12.0. The van der Waals surface area contributed by atoms with E-state index in [1.165, 1.54) is 0 Å². The number of rotatable bonds is 5. The van der Waals surface area contributed by atoms with Gasteiger partial charge in [-0.2, -0.15) is 0 Å². The van der Waals surface area contributed by atoms with Crippen molar-refractivity contribution in [3.8, 4) is 0 Å². The number of hydrogen-bond donors (Lipinski definition) is 3. The molecule has 0 aliphatic carbocycles. The van der Waals surface area contributed by atoms with Gasteiger partial charge in [0.2, 0.25) is 0 Å². The van der Waals surface area contributed by atoms with Crippen LogP contribution in [0.4, 0.5) is 11.4 Å². The zero-order valence-corrected chi connectivity index (χ0v) is 15.5. The van der Waals surface area contributed by atoms with Crippen LogP contribution in [0.5, 0.6) is 0 Å². The van der Waals surface area contributed by atoms with Crippen LogP contribution < -0.4 is 15.4 Å². The van der Waals surface area contributed by atoms with Crippen LogP contribution in [0.25, 0.3) is 0 Å². The molecule has 0 aromatic heterocycles. The lowest BCUT2D eigenvalue weighted by atomic mass is 10.1. The van der Waals surface area contributed by atoms with Gasteiger partial charge in [-0.1, -0.05) is 17.7 Å². The molecule has 5 nitrogen and oxygen atoms in total. The van der Waals surface area contributed by atoms with Crippen LogP contribution in [0.3, 0.4) is 0 Å². The van der Waals surface area contributed by atoms with Gasteiger partial charge < -0.3 is 10.6 Å². The van der Waals surface area contributed by atoms with E-state index in [0.29, 0.717) is 10.8 Å². The molecule has 0 radical (unpaired) electrons. The molecule has 0 unspecified atom stereocenters. The molecule has 128 valence electrons. The molecule has 0 saturated heterocycles. The lowest BCUT2D eigenvalue weighted by Crippen LogP contribution is -2.27. The Balaban J connectivity index is 2.16. The lowest BCUT2D eigenvalue weighted by molar-refractivity contribution is 0.601. The minimum Gasteiger partial charge on any atom is -0.363 e. The second-order valence-electron chi connectivity index (χ2n) is 5.43. The van der Waals surface area contributed by atoms with Gasteiger partial charge in [0.15, 0.2) is 5.11 Å². The Kier molecular flexibility index (Phi) is 5.80. The summed E-state index contributed by atoms with van der Waals surface area (Å²) >= 11 is 5.10. The molecule has 0 aliphatic heterocycles. The molecule has 0 fully saturated rings. The summed E-state index contributed by atoms with van der Waals surface area (Å²) in [5.74, 6) is 0. The number of benzene rings is 2. The van der Waals surface area contributed by atoms with Crippen molar-refractivity contribution in [3.63, 3.8) is 0 Å². The second-order valence-corrected chi connectivity index (χ2v) is 7.52. The average molecular weight is 364 g/mol. The van der Waals surface area contributed by atoms with E-state index >= 15 is 0 Å². The third-order valence-corrected chi connectivity index (χ3v) is 5.01. The molecular weight excluding hydrogens is 342 g/mol. The van der Waals surface area contributed by atoms with Gasteiger partial charge in [0.1, 0.15) is 0 Å². The van der Waals surface area contributed by atoms with Crippen molar-refractivity contribution in [2.24, 2.45) is 0 Å². The van der Waals surface area contributed by atoms with Crippen molar-refractivity contribution in [3.05, 3.63) is 53.6 Å². The van der Waals surface area contributed by atoms with Gasteiger partial charge in [0, 0.05) is 12.2 Å². The van der Waals surface area contributed by atoms with Gasteiger partial charge in [-0.25, -0.2) is 8.42 Å². The van der Waals surface area contributed by atoms with Gasteiger partial charge in [0.05, 0.1) is 10.6 Å². The topological polar surface area (TPSA) is 70.2 Å². The fourth-order valence-electron chi connectivity index (χ4n) is 2.19. The Morgan fingerprint density at radius 2 is 1.75 bits per heavy atom. The van der Waals surface area contributed by atoms with E-state index in [2.05, 4.69) is 15.4 Å². The first-order valence-electron chi connectivity index (χ1n) is 7.57. The van der Waals surface area contributed by atoms with Crippen molar-refractivity contribution in [2.45, 2.75) is 25.7 Å². The molecule has 0 bridgehead atoms. The van der Waals surface area contributed by atoms with E-state index in [4.69, 9.17) is 12.2 Å². The Hall–Kier alpha value is -2.12. The lowest BCUT2D eigenvalue weighted by Gasteiger charge is -2.12. The maximum Gasteiger partial charge on any atom is 0.261 e. The summed E-state index contributed by atoms with van der Waals surface area (Å²) in [5.41, 5.74) is 3.28. The molecule has 2 aromatic carbocycles. The predicted octanol–water partition coefficient (Wildman–Crippen LogP) is 3.41. The largest absolute Gasteiger partial charge is 0.363 e. The minimum absolute atomic E-state index is 0.197. The molecule has 3 N–H and O–H groups in total. The van der Waals surface area contributed by atoms with Gasteiger partial charge in [-0.3, -0.25) is 4.72 Å². The fraction of sp³-hybridized carbons (Fsp3) is 0.235. The van der Waals surface area contributed by atoms with Crippen LogP contribution in [0.2, 0.25) is 0 Å². The highest BCUT2D eigenvalue weighted by Crippen LogP contribution is 2.21. The van der Waals surface area contributed by atoms with Gasteiger partial charge in [0.25, 0.3) is 10.0 Å². The summed E-state index contributed by atoms with van der Waals surface area (Å²) in [4.78, 5) is 0.197. The number of hydrogen-bond acceptors (Lipinski definition) is 3. The molecule has 2 rings (SSSR count). The van der Waals surface area contributed by atoms with Crippen molar-refractivity contribution in [1.82, 2.24) is 5.32 Å². The predicted molar refractivity (Wildman–Crippen MR) is 103 cm³/mol. The summed E-state index contributed by atoms with van der Waals surface area (Å²) in [6.07, 6.45) is 0. The Bertz CT molecular complexity index is 831. The number of anilines is 2. The molecule has 0 saturated carbocycles. The molecule has 7 heteroatoms. The van der Waals surface area contributed by atoms with E-state index in [1.54, 1.807) is 30.3 Å². The second kappa shape index (κ2) is 7.63. The molecule has 2 aromatic rings. The molecule has 24 heavy (non-hydrogen) atoms. The Labute approximate surface area is 148 Å². The quantitative estimate of drug-likeness (QED) is 0.710. The summed E-state index contributed by atoms with van der Waals surface area (Å²) in [6.45, 7) is 6.51.